The van der Waals surface area contributed by atoms with Crippen LogP contribution in [0.4, 0.5) is 5.95 Å². The summed E-state index contributed by atoms with van der Waals surface area (Å²) in [4.78, 5) is 49.3. The summed E-state index contributed by atoms with van der Waals surface area (Å²) >= 11 is 0. The molecule has 1 saturated carbocycles. The molecule has 0 spiro atoms. The molecule has 0 saturated heterocycles. The van der Waals surface area contributed by atoms with Crippen LogP contribution >= 0.6 is 0 Å². The first-order valence-corrected chi connectivity index (χ1v) is 45.9. The number of H-pyrrole nitrogens is 5. The molecule has 29 heteroatoms. The first-order valence-electron chi connectivity index (χ1n) is 45.9. The van der Waals surface area contributed by atoms with E-state index in [0.717, 1.165) is 256 Å². The van der Waals surface area contributed by atoms with Crippen molar-refractivity contribution in [3.63, 3.8) is 0 Å². The maximum Gasteiger partial charge on any atom is 0.294 e. The van der Waals surface area contributed by atoms with E-state index in [1.165, 1.54) is 73.4 Å². The summed E-state index contributed by atoms with van der Waals surface area (Å²) in [5, 5.41) is 33.2. The SMILES string of the molecule is CC1=NCC(C)=C1c1cc(-c2c(C)noc2C)cc2[nH]c(NCC3CC3)nc12.CCOc1nc2c(-c3c(C)ccc4ccccc34)cc(-c3c(C)noc3C)cc2[nH]1.COc1nc2c(-c3c(C)ccc4ccccc34)cc(-c3c(C)noc3C)cc2[nH]1.COc1nc2c(-c3c(C)cnn3C)cc(-c3c(C)noc3C)cc2[nH]1.COc1nc2c(C3=C(C)CN=C3C)cc(-c3c(C)noc3C)cc2[nH]1. The Morgan fingerprint density at radius 2 is 0.708 bits per heavy atom. The number of methoxy groups -OCH3 is 3. The second kappa shape index (κ2) is 36.7. The predicted molar refractivity (Wildman–Crippen MR) is 541 cm³/mol. The number of allylic oxidation sites excluding steroid dienone is 2. The van der Waals surface area contributed by atoms with E-state index in [4.69, 9.17) is 56.5 Å². The predicted octanol–water partition coefficient (Wildman–Crippen LogP) is 24.9. The minimum Gasteiger partial charge on any atom is -0.468 e. The maximum atomic E-state index is 5.68. The third kappa shape index (κ3) is 17.0. The van der Waals surface area contributed by atoms with Crippen molar-refractivity contribution in [2.45, 2.75) is 137 Å². The van der Waals surface area contributed by atoms with Crippen molar-refractivity contribution >= 4 is 105 Å². The molecule has 694 valence electrons. The zero-order valence-corrected chi connectivity index (χ0v) is 81.0. The molecule has 2 aliphatic heterocycles. The van der Waals surface area contributed by atoms with Gasteiger partial charge < -0.3 is 71.8 Å². The molecule has 20 aromatic rings. The lowest BCUT2D eigenvalue weighted by Crippen LogP contribution is -2.04. The van der Waals surface area contributed by atoms with Crippen LogP contribution in [0.2, 0.25) is 0 Å². The molecule has 13 heterocycles. The summed E-state index contributed by atoms with van der Waals surface area (Å²) in [5.74, 6) is 5.65. The van der Waals surface area contributed by atoms with Gasteiger partial charge in [0, 0.05) is 91.8 Å². The Morgan fingerprint density at radius 1 is 0.372 bits per heavy atom. The van der Waals surface area contributed by atoms with E-state index in [-0.39, 0.29) is 0 Å². The van der Waals surface area contributed by atoms with Gasteiger partial charge in [0.1, 0.15) is 50.9 Å². The molecule has 3 aliphatic rings. The van der Waals surface area contributed by atoms with Crippen LogP contribution in [-0.4, -0.2) is 144 Å². The molecule has 0 radical (unpaired) electrons. The number of imidazole rings is 5. The van der Waals surface area contributed by atoms with Gasteiger partial charge in [-0.05, 0) is 292 Å². The number of hydrogen-bond acceptors (Lipinski definition) is 23. The van der Waals surface area contributed by atoms with Crippen molar-refractivity contribution in [1.29, 1.82) is 0 Å². The number of fused-ring (bicyclic) bond motifs is 7. The van der Waals surface area contributed by atoms with Crippen molar-refractivity contribution in [3.05, 3.63) is 236 Å². The Hall–Kier alpha value is -16.1. The molecule has 1 fully saturated rings. The molecule has 0 bridgehead atoms. The normalized spacial score (nSPS) is 13.1. The molecule has 137 heavy (non-hydrogen) atoms. The Balaban J connectivity index is 0.000000110. The van der Waals surface area contributed by atoms with Crippen LogP contribution < -0.4 is 24.3 Å². The van der Waals surface area contributed by atoms with Crippen LogP contribution in [0.3, 0.4) is 0 Å². The average molecular weight is 1830 g/mol. The molecule has 11 aromatic heterocycles. The molecular formula is C108H108N20O9. The van der Waals surface area contributed by atoms with E-state index >= 15 is 0 Å². The van der Waals surface area contributed by atoms with Gasteiger partial charge in [-0.15, -0.1) is 0 Å². The van der Waals surface area contributed by atoms with E-state index < -0.39 is 0 Å². The topological polar surface area (TPSA) is 365 Å². The van der Waals surface area contributed by atoms with Crippen LogP contribution in [0.15, 0.2) is 183 Å². The maximum absolute atomic E-state index is 5.68. The van der Waals surface area contributed by atoms with Crippen molar-refractivity contribution in [2.24, 2.45) is 23.0 Å². The Bertz CT molecular complexity index is 8150. The number of rotatable bonds is 18. The van der Waals surface area contributed by atoms with Gasteiger partial charge in [0.2, 0.25) is 5.95 Å². The number of hydrogen-bond donors (Lipinski definition) is 6. The lowest BCUT2D eigenvalue weighted by molar-refractivity contribution is 0.317. The van der Waals surface area contributed by atoms with E-state index in [1.54, 1.807) is 21.3 Å². The van der Waals surface area contributed by atoms with Gasteiger partial charge in [-0.2, -0.15) is 25.0 Å². The first kappa shape index (κ1) is 90.1. The van der Waals surface area contributed by atoms with Crippen molar-refractivity contribution < 1.29 is 41.6 Å². The van der Waals surface area contributed by atoms with Gasteiger partial charge in [0.05, 0.1) is 114 Å². The van der Waals surface area contributed by atoms with E-state index in [1.807, 2.05) is 114 Å². The van der Waals surface area contributed by atoms with E-state index in [2.05, 4.69) is 243 Å². The number of aromatic amines is 5. The number of aryl methyl sites for hydroxylation is 14. The number of nitrogens with zero attached hydrogens (tertiary/aromatic N) is 14. The summed E-state index contributed by atoms with van der Waals surface area (Å²) in [5.41, 5.74) is 43.1. The van der Waals surface area contributed by atoms with Gasteiger partial charge >= 0.3 is 0 Å². The standard InChI is InChI=1S/C25H23N3O2.C24H21N3O2.C22H25N5O.C19H20N4O2.C18H19N5O2/c1-5-29-25-26-21-13-18(23-15(3)28-30-16(23)4)12-20(24(21)27-25)22-14(2)10-11-17-8-6-7-9-19(17)22;1-13-9-10-16-7-5-6-8-18(16)21(13)19-11-17(22-14(2)27-29-15(22)3)12-20-23(19)26-24(25-20)28-4;1-11-9-23-12(2)19(11)17-7-16(20-13(3)27-28-14(20)4)8-18-21(17)26-22(25-18)24-10-15-5-6-15;1-9-8-20-10(2)16(9)14-6-13(17-11(3)23-25-12(17)4)7-15-18(14)22-19(21-15)24-5;1-9-8-19-23(4)17(9)13-6-12(15-10(2)22-25-11(15)3)7-14-16(13)21-18(20-14)24-5/h6-13H,5H2,1-4H3,(H,26,27);5-12H,1-4H3,(H,25,26);7-8,15H,5-6,9-10H2,1-4H3,(H2,24,25,26);6-7H,8H2,1-5H3,(H,21,22);6-8H,1-5H3,(H,20,21). The summed E-state index contributed by atoms with van der Waals surface area (Å²) in [6.07, 6.45) is 4.49. The Labute approximate surface area is 790 Å². The highest BCUT2D eigenvalue weighted by atomic mass is 16.5. The number of aromatic nitrogens is 17. The van der Waals surface area contributed by atoms with Gasteiger partial charge in [-0.25, -0.2) is 4.98 Å². The summed E-state index contributed by atoms with van der Waals surface area (Å²) in [6.45, 7) is 39.2. The minimum atomic E-state index is 0.479. The van der Waals surface area contributed by atoms with Crippen LogP contribution in [-0.2, 0) is 7.05 Å². The van der Waals surface area contributed by atoms with Crippen LogP contribution in [0.5, 0.6) is 24.0 Å². The van der Waals surface area contributed by atoms with Crippen LogP contribution in [0.1, 0.15) is 133 Å². The smallest absolute Gasteiger partial charge is 0.294 e. The Kier molecular flexibility index (Phi) is 24.2. The highest BCUT2D eigenvalue weighted by Gasteiger charge is 2.30. The third-order valence-corrected chi connectivity index (χ3v) is 26.0. The lowest BCUT2D eigenvalue weighted by Gasteiger charge is -2.13. The first-order chi connectivity index (χ1) is 66.1. The summed E-state index contributed by atoms with van der Waals surface area (Å²) in [7, 11) is 6.76. The third-order valence-electron chi connectivity index (χ3n) is 26.0. The highest BCUT2D eigenvalue weighted by Crippen LogP contribution is 2.47. The molecule has 1 aliphatic carbocycles. The molecule has 29 nitrogen and oxygen atoms in total. The lowest BCUT2D eigenvalue weighted by atomic mass is 9.90. The summed E-state index contributed by atoms with van der Waals surface area (Å²) < 4.78 is 50.5. The van der Waals surface area contributed by atoms with Crippen LogP contribution in [0.25, 0.3) is 177 Å². The molecule has 6 N–H and O–H groups in total. The van der Waals surface area contributed by atoms with Gasteiger partial charge in [-0.3, -0.25) is 14.7 Å². The molecule has 0 unspecified atom stereocenters. The van der Waals surface area contributed by atoms with Crippen molar-refractivity contribution in [3.8, 4) is 113 Å². The van der Waals surface area contributed by atoms with E-state index in [0.29, 0.717) is 30.6 Å². The van der Waals surface area contributed by atoms with E-state index in [9.17, 15) is 0 Å². The monoisotopic (exact) mass is 1830 g/mol. The summed E-state index contributed by atoms with van der Waals surface area (Å²) in [6, 6.07) is 48.9. The van der Waals surface area contributed by atoms with Gasteiger partial charge in [0.15, 0.2) is 0 Å². The zero-order chi connectivity index (χ0) is 95.8. The largest absolute Gasteiger partial charge is 0.468 e. The number of benzene rings is 9. The minimum absolute atomic E-state index is 0.479. The van der Waals surface area contributed by atoms with Gasteiger partial charge in [0.25, 0.3) is 24.0 Å². The second-order valence-electron chi connectivity index (χ2n) is 35.6. The number of aliphatic imine (C=N–C) groups is 2. The quantitative estimate of drug-likeness (QED) is 0.0465. The molecule has 0 amide bonds. The fraction of sp³-hybridized carbons (Fsp3) is 0.269. The number of ether oxygens (including phenoxy) is 4. The molecule has 0 atom stereocenters. The zero-order valence-electron chi connectivity index (χ0n) is 81.0. The molecule has 9 aromatic carbocycles. The molecule has 23 rings (SSSR count). The highest BCUT2D eigenvalue weighted by molar-refractivity contribution is 6.29. The van der Waals surface area contributed by atoms with Crippen LogP contribution in [0, 0.1) is 95.9 Å². The average Bonchev–Trinajstić information content (AvgIpc) is 1.69. The number of anilines is 1. The fourth-order valence-corrected chi connectivity index (χ4v) is 19.4. The Morgan fingerprint density at radius 3 is 1.04 bits per heavy atom. The number of nitrogens with one attached hydrogen (secondary N) is 6. The van der Waals surface area contributed by atoms with Crippen molar-refractivity contribution in [2.75, 3.05) is 52.9 Å². The fourth-order valence-electron chi connectivity index (χ4n) is 19.4. The van der Waals surface area contributed by atoms with Crippen molar-refractivity contribution in [1.82, 2.24) is 85.4 Å². The second-order valence-corrected chi connectivity index (χ2v) is 35.6. The molecular weight excluding hydrogens is 1720 g/mol. The van der Waals surface area contributed by atoms with Gasteiger partial charge in [-0.1, -0.05) is 98.6 Å².